The Morgan fingerprint density at radius 2 is 1.06 bits per heavy atom. The van der Waals surface area contributed by atoms with Crippen molar-refractivity contribution in [1.29, 1.82) is 0 Å². The van der Waals surface area contributed by atoms with E-state index in [0.29, 0.717) is 6.07 Å². The van der Waals surface area contributed by atoms with Gasteiger partial charge in [0.15, 0.2) is 24.2 Å². The molecule has 2 rings (SSSR count). The third-order valence-corrected chi connectivity index (χ3v) is 15.9. The lowest BCUT2D eigenvalue weighted by atomic mass is 9.88. The van der Waals surface area contributed by atoms with Gasteiger partial charge in [0, 0.05) is 19.2 Å². The number of aliphatic carboxylic acids is 2. The number of aliphatic hydroxyl groups is 4. The van der Waals surface area contributed by atoms with Gasteiger partial charge in [-0.2, -0.15) is 39.5 Å². The fourth-order valence-electron chi connectivity index (χ4n) is 9.70. The molecule has 0 spiro atoms. The average Bonchev–Trinajstić information content (AvgIpc) is 0.818. The summed E-state index contributed by atoms with van der Waals surface area (Å²) < 4.78 is 109. The molecule has 25 N–H and O–H groups in total. The Morgan fingerprint density at radius 3 is 1.50 bits per heavy atom. The number of benzene rings is 1. The highest BCUT2D eigenvalue weighted by Gasteiger charge is 2.43. The zero-order valence-corrected chi connectivity index (χ0v) is 63.3. The summed E-state index contributed by atoms with van der Waals surface area (Å²) in [5.41, 5.74) is 26.3. The number of nitrogens with zero attached hydrogens (tertiary/aromatic N) is 2. The fourth-order valence-corrected chi connectivity index (χ4v) is 9.70. The zero-order chi connectivity index (χ0) is 87.7. The van der Waals surface area contributed by atoms with E-state index in [0.717, 1.165) is 19.2 Å². The number of nitrogens with two attached hydrogens (primary N) is 5. The van der Waals surface area contributed by atoms with Crippen molar-refractivity contribution >= 4 is 88.8 Å². The van der Waals surface area contributed by atoms with Crippen molar-refractivity contribution in [3.8, 4) is 0 Å². The molecule has 0 aliphatic carbocycles. The maximum absolute atomic E-state index is 14.2. The van der Waals surface area contributed by atoms with E-state index in [1.165, 1.54) is 37.3 Å². The van der Waals surface area contributed by atoms with Crippen molar-refractivity contribution in [1.82, 2.24) is 52.8 Å². The van der Waals surface area contributed by atoms with Gasteiger partial charge in [-0.1, -0.05) is 112 Å². The standard InChI is InChI=1S/C63H99F3N16O17.2C2HF3O2/c1-12-31(6)43(80-54(92)37(19-16-22-72-61(70)71)75-55(93)38(23-29(2)3)76-52(90)32(7)47(86)30(4)5)58(96)81-44(33(8)84)57(95)74-27-42(85)79-45(48(87)51(69)89)59(97)78-40(28-83)60(98)99-49(35-17-14-13-15-18-35)46(50(68)88)82-56(94)39(77-53(91)36(67)25-62(9,10)11)24-34-20-21-41(73-26-34)63(64,65)66;2*3-2(4,5)1(6)7/h13-15,17-18,20-21,26,29-33,36-40,43-49,83-84,86-87H,12,16,19,22-25,27-28,67H2,1-11H3,(H2,68,88)(H2,69,89)(H,74,95)(H,75,93)(H,76,90)(H,77,91)(H,78,97)(H,79,85)(H,80,92)(H,81,96)(H,82,94)(H4,70,71,72);2*(H,6,7)/t31-,32-,33-,36+,37+,38-,39-,40-,43-,44-,45-,46-,47+,48-,49+;;/m0../s1. The second-order valence-electron chi connectivity index (χ2n) is 27.6. The van der Waals surface area contributed by atoms with Crippen LogP contribution >= 0.6 is 0 Å². The molecule has 37 nitrogen and oxygen atoms in total. The molecular formula is C67H101F9N16O21. The van der Waals surface area contributed by atoms with Gasteiger partial charge in [0.05, 0.1) is 37.3 Å². The normalized spacial score (nSPS) is 15.6. The lowest BCUT2D eigenvalue weighted by molar-refractivity contribution is -0.193. The Hall–Kier alpha value is -10.6. The van der Waals surface area contributed by atoms with Crippen LogP contribution in [0.2, 0.25) is 0 Å². The Kier molecular flexibility index (Phi) is 42.6. The van der Waals surface area contributed by atoms with Gasteiger partial charge in [-0.25, -0.2) is 14.4 Å². The van der Waals surface area contributed by atoms with Gasteiger partial charge in [0.2, 0.25) is 65.0 Å². The first kappa shape index (κ1) is 102. The van der Waals surface area contributed by atoms with E-state index < -0.39 is 223 Å². The number of rotatable bonds is 40. The number of aliphatic imine (C=N–C) groups is 1. The molecule has 46 heteroatoms. The number of primary amides is 2. The SMILES string of the molecule is CC[C@H](C)[C@H](NC(=O)[C@@H](CCCN=C(N)N)NC(=O)[C@H](CC(C)C)NC(=O)[C@@H](C)[C@H](O)C(C)C)C(=O)N[C@H](C(=O)NCC(=O)N[C@H](C(=O)N[C@@H](CO)C(=O)O[C@H](c1ccccc1)[C@H](NC(=O)[C@H](Cc1ccc(C(F)(F)F)nc1)NC(=O)[C@H](N)CC(C)(C)C)C(N)=O)[C@H](O)C(N)=O)[C@H](C)O.O=C(O)C(F)(F)F.O=C(O)C(F)(F)F. The van der Waals surface area contributed by atoms with Crippen LogP contribution in [-0.4, -0.2) is 229 Å². The predicted octanol–water partition coefficient (Wildman–Crippen LogP) is -2.54. The summed E-state index contributed by atoms with van der Waals surface area (Å²) in [5, 5.41) is 77.8. The lowest BCUT2D eigenvalue weighted by Crippen LogP contribution is -2.62. The van der Waals surface area contributed by atoms with Crippen LogP contribution in [0, 0.1) is 29.1 Å². The van der Waals surface area contributed by atoms with Gasteiger partial charge in [-0.3, -0.25) is 62.7 Å². The number of aliphatic hydroxyl groups excluding tert-OH is 4. The number of hydrogen-bond acceptors (Lipinski definition) is 22. The van der Waals surface area contributed by atoms with Gasteiger partial charge in [-0.05, 0) is 73.0 Å². The van der Waals surface area contributed by atoms with E-state index in [9.17, 15) is 117 Å². The first-order valence-corrected chi connectivity index (χ1v) is 34.5. The van der Waals surface area contributed by atoms with Crippen molar-refractivity contribution < 1.29 is 142 Å². The van der Waals surface area contributed by atoms with E-state index >= 15 is 0 Å². The highest BCUT2D eigenvalue weighted by Crippen LogP contribution is 2.29. The van der Waals surface area contributed by atoms with Crippen LogP contribution < -0.4 is 76.5 Å². The number of carboxylic acids is 2. The highest BCUT2D eigenvalue weighted by molar-refractivity contribution is 5.99. The van der Waals surface area contributed by atoms with E-state index in [-0.39, 0.29) is 67.6 Å². The second kappa shape index (κ2) is 47.0. The van der Waals surface area contributed by atoms with Gasteiger partial charge in [-0.15, -0.1) is 0 Å². The van der Waals surface area contributed by atoms with E-state index in [2.05, 4.69) is 47.2 Å². The number of ether oxygens (including phenoxy) is 1. The summed E-state index contributed by atoms with van der Waals surface area (Å²) in [7, 11) is 0. The van der Waals surface area contributed by atoms with E-state index in [4.69, 9.17) is 53.2 Å². The van der Waals surface area contributed by atoms with Crippen LogP contribution in [-0.2, 0) is 84.5 Å². The Balaban J connectivity index is 0.00000813. The monoisotopic (exact) mass is 1640 g/mol. The van der Waals surface area contributed by atoms with E-state index in [1.54, 1.807) is 62.3 Å². The third-order valence-electron chi connectivity index (χ3n) is 15.9. The number of nitrogens with one attached hydrogen (secondary N) is 9. The number of pyridine rings is 1. The predicted molar refractivity (Wildman–Crippen MR) is 378 cm³/mol. The number of carbonyl (C=O) groups is 14. The molecule has 1 aromatic carbocycles. The summed E-state index contributed by atoms with van der Waals surface area (Å²) >= 11 is 0. The molecule has 0 saturated carbocycles. The van der Waals surface area contributed by atoms with Gasteiger partial charge < -0.3 is 112 Å². The molecule has 0 fully saturated rings. The van der Waals surface area contributed by atoms with Crippen LogP contribution in [0.5, 0.6) is 0 Å². The van der Waals surface area contributed by atoms with E-state index in [1.807, 2.05) is 10.6 Å². The van der Waals surface area contributed by atoms with Crippen LogP contribution in [0.15, 0.2) is 53.7 Å². The van der Waals surface area contributed by atoms with Crippen molar-refractivity contribution in [2.75, 3.05) is 19.7 Å². The molecule has 0 bridgehead atoms. The number of esters is 1. The fraction of sp³-hybridized carbons (Fsp3) is 0.612. The Labute approximate surface area is 641 Å². The summed E-state index contributed by atoms with van der Waals surface area (Å²) in [5.74, 6) is -22.2. The molecule has 1 heterocycles. The largest absolute Gasteiger partial charge is 0.490 e. The zero-order valence-electron chi connectivity index (χ0n) is 63.3. The topological polar surface area (TPSA) is 633 Å². The number of hydrogen-bond donors (Lipinski definition) is 20. The molecule has 15 atom stereocenters. The molecule has 113 heavy (non-hydrogen) atoms. The average molecular weight is 1640 g/mol. The number of halogens is 9. The molecular weight excluding hydrogens is 1540 g/mol. The van der Waals surface area contributed by atoms with Crippen molar-refractivity contribution in [3.05, 3.63) is 65.5 Å². The minimum absolute atomic E-state index is 0.00681. The quantitative estimate of drug-likeness (QED) is 0.0107. The first-order valence-electron chi connectivity index (χ1n) is 34.5. The number of guanidine groups is 1. The number of alkyl halides is 9. The molecule has 2 aromatic rings. The molecule has 0 unspecified atom stereocenters. The van der Waals surface area contributed by atoms with Crippen molar-refractivity contribution in [3.63, 3.8) is 0 Å². The van der Waals surface area contributed by atoms with Crippen molar-refractivity contribution in [2.24, 2.45) is 62.7 Å². The smallest absolute Gasteiger partial charge is 0.475 e. The minimum atomic E-state index is -5.08. The minimum Gasteiger partial charge on any atom is -0.475 e. The second-order valence-corrected chi connectivity index (χ2v) is 27.6. The number of carbonyl (C=O) groups excluding carboxylic acids is 12. The third kappa shape index (κ3) is 38.0. The summed E-state index contributed by atoms with van der Waals surface area (Å²) in [6, 6.07) is -7.20. The Morgan fingerprint density at radius 1 is 0.575 bits per heavy atom. The summed E-state index contributed by atoms with van der Waals surface area (Å²) in [6.45, 7) is 15.6. The van der Waals surface area contributed by atoms with Gasteiger partial charge >= 0.3 is 36.4 Å². The lowest BCUT2D eigenvalue weighted by Gasteiger charge is -2.30. The molecule has 0 radical (unpaired) electrons. The van der Waals surface area contributed by atoms with Gasteiger partial charge in [0.1, 0.15) is 48.0 Å². The maximum Gasteiger partial charge on any atom is 0.490 e. The van der Waals surface area contributed by atoms with Crippen LogP contribution in [0.1, 0.15) is 131 Å². The number of carboxylic acid groups (broad SMARTS) is 2. The van der Waals surface area contributed by atoms with Crippen LogP contribution in [0.25, 0.3) is 0 Å². The van der Waals surface area contributed by atoms with Crippen LogP contribution in [0.4, 0.5) is 39.5 Å². The summed E-state index contributed by atoms with van der Waals surface area (Å²) in [4.78, 5) is 189. The number of amides is 11. The van der Waals surface area contributed by atoms with Crippen molar-refractivity contribution in [2.45, 2.75) is 212 Å². The molecule has 0 aliphatic heterocycles. The molecule has 0 saturated heterocycles. The number of aromatic nitrogens is 1. The molecule has 638 valence electrons. The molecule has 1 aromatic heterocycles. The molecule has 0 aliphatic rings. The van der Waals surface area contributed by atoms with Crippen LogP contribution in [0.3, 0.4) is 0 Å². The summed E-state index contributed by atoms with van der Waals surface area (Å²) in [6.07, 6.45) is -21.7. The maximum atomic E-state index is 14.2. The molecule has 11 amide bonds. The highest BCUT2D eigenvalue weighted by atomic mass is 19.4. The van der Waals surface area contributed by atoms with Gasteiger partial charge in [0.25, 0.3) is 0 Å². The first-order chi connectivity index (χ1) is 51.8. The Bertz CT molecular complexity index is 3530.